The average molecular weight is 226 g/mol. The monoisotopic (exact) mass is 226 g/mol. The molecule has 17 heavy (non-hydrogen) atoms. The molecule has 0 fully saturated rings. The Hall–Kier alpha value is -2.16. The van der Waals surface area contributed by atoms with E-state index < -0.39 is 0 Å². The van der Waals surface area contributed by atoms with Crippen LogP contribution < -0.4 is 0 Å². The first kappa shape index (κ1) is 11.3. The van der Waals surface area contributed by atoms with Crippen LogP contribution in [0.5, 0.6) is 5.75 Å². The van der Waals surface area contributed by atoms with Crippen molar-refractivity contribution in [2.45, 2.75) is 13.8 Å². The SMILES string of the molecule is Cc1ccc(/N=N\c2ccc(C)cc2O)cc1. The van der Waals surface area contributed by atoms with E-state index in [1.165, 1.54) is 5.56 Å². The summed E-state index contributed by atoms with van der Waals surface area (Å²) < 4.78 is 0. The largest absolute Gasteiger partial charge is 0.506 e. The van der Waals surface area contributed by atoms with Crippen molar-refractivity contribution in [3.63, 3.8) is 0 Å². The Morgan fingerprint density at radius 3 is 2.12 bits per heavy atom. The van der Waals surface area contributed by atoms with Gasteiger partial charge in [-0.3, -0.25) is 0 Å². The van der Waals surface area contributed by atoms with E-state index in [4.69, 9.17) is 0 Å². The highest BCUT2D eigenvalue weighted by atomic mass is 16.3. The molecule has 0 aliphatic heterocycles. The average Bonchev–Trinajstić information content (AvgIpc) is 2.30. The first-order valence-electron chi connectivity index (χ1n) is 5.43. The predicted molar refractivity (Wildman–Crippen MR) is 68.2 cm³/mol. The van der Waals surface area contributed by atoms with Gasteiger partial charge in [-0.15, -0.1) is 5.11 Å². The van der Waals surface area contributed by atoms with Gasteiger partial charge in [0.15, 0.2) is 0 Å². The van der Waals surface area contributed by atoms with Gasteiger partial charge in [-0.25, -0.2) is 0 Å². The third-order valence-corrected chi connectivity index (χ3v) is 2.44. The number of aryl methyl sites for hydroxylation is 2. The zero-order chi connectivity index (χ0) is 12.3. The van der Waals surface area contributed by atoms with Crippen molar-refractivity contribution in [3.8, 4) is 5.75 Å². The van der Waals surface area contributed by atoms with Crippen LogP contribution in [0.15, 0.2) is 52.7 Å². The van der Waals surface area contributed by atoms with Crippen molar-refractivity contribution in [1.29, 1.82) is 0 Å². The minimum atomic E-state index is 0.154. The highest BCUT2D eigenvalue weighted by Crippen LogP contribution is 2.28. The summed E-state index contributed by atoms with van der Waals surface area (Å²) in [5, 5.41) is 17.8. The molecular weight excluding hydrogens is 212 g/mol. The van der Waals surface area contributed by atoms with Crippen LogP contribution in [0, 0.1) is 13.8 Å². The van der Waals surface area contributed by atoms with E-state index in [0.29, 0.717) is 5.69 Å². The number of azo groups is 1. The predicted octanol–water partition coefficient (Wildman–Crippen LogP) is 4.42. The molecule has 0 radical (unpaired) electrons. The molecule has 0 spiro atoms. The quantitative estimate of drug-likeness (QED) is 0.756. The molecule has 0 aromatic heterocycles. The van der Waals surface area contributed by atoms with Crippen molar-refractivity contribution in [2.24, 2.45) is 10.2 Å². The molecule has 0 atom stereocenters. The molecule has 0 amide bonds. The normalized spacial score (nSPS) is 10.9. The van der Waals surface area contributed by atoms with Gasteiger partial charge >= 0.3 is 0 Å². The van der Waals surface area contributed by atoms with Crippen molar-refractivity contribution >= 4 is 11.4 Å². The van der Waals surface area contributed by atoms with Crippen LogP contribution in [0.25, 0.3) is 0 Å². The smallest absolute Gasteiger partial charge is 0.143 e. The molecule has 0 unspecified atom stereocenters. The number of benzene rings is 2. The summed E-state index contributed by atoms with van der Waals surface area (Å²) in [6.45, 7) is 3.94. The minimum Gasteiger partial charge on any atom is -0.506 e. The molecular formula is C14H14N2O. The lowest BCUT2D eigenvalue weighted by atomic mass is 10.2. The van der Waals surface area contributed by atoms with Crippen LogP contribution >= 0.6 is 0 Å². The van der Waals surface area contributed by atoms with Crippen LogP contribution in [-0.2, 0) is 0 Å². The van der Waals surface area contributed by atoms with Crippen LogP contribution in [0.2, 0.25) is 0 Å². The summed E-state index contributed by atoms with van der Waals surface area (Å²) in [6.07, 6.45) is 0. The van der Waals surface area contributed by atoms with Gasteiger partial charge < -0.3 is 5.11 Å². The number of nitrogens with zero attached hydrogens (tertiary/aromatic N) is 2. The second-order valence-electron chi connectivity index (χ2n) is 4.03. The molecule has 0 bridgehead atoms. The lowest BCUT2D eigenvalue weighted by Gasteiger charge is -1.99. The van der Waals surface area contributed by atoms with E-state index in [2.05, 4.69) is 10.2 Å². The topological polar surface area (TPSA) is 45.0 Å². The second kappa shape index (κ2) is 4.78. The standard InChI is InChI=1S/C14H14N2O/c1-10-3-6-12(7-4-10)15-16-13-8-5-11(2)9-14(13)17/h3-9,17H,1-2H3/b16-15-. The Balaban J connectivity index is 2.23. The van der Waals surface area contributed by atoms with Gasteiger partial charge in [0.05, 0.1) is 5.69 Å². The first-order valence-corrected chi connectivity index (χ1v) is 5.43. The second-order valence-corrected chi connectivity index (χ2v) is 4.03. The lowest BCUT2D eigenvalue weighted by molar-refractivity contribution is 0.476. The maximum Gasteiger partial charge on any atom is 0.143 e. The van der Waals surface area contributed by atoms with E-state index in [1.807, 2.05) is 44.2 Å². The number of rotatable bonds is 2. The zero-order valence-electron chi connectivity index (χ0n) is 9.88. The van der Waals surface area contributed by atoms with Gasteiger partial charge in [0.2, 0.25) is 0 Å². The van der Waals surface area contributed by atoms with E-state index >= 15 is 0 Å². The van der Waals surface area contributed by atoms with Gasteiger partial charge in [0, 0.05) is 0 Å². The Morgan fingerprint density at radius 2 is 1.47 bits per heavy atom. The maximum absolute atomic E-state index is 9.66. The van der Waals surface area contributed by atoms with Crippen molar-refractivity contribution in [3.05, 3.63) is 53.6 Å². The molecule has 3 heteroatoms. The van der Waals surface area contributed by atoms with E-state index in [1.54, 1.807) is 12.1 Å². The summed E-state index contributed by atoms with van der Waals surface area (Å²) >= 11 is 0. The van der Waals surface area contributed by atoms with Crippen molar-refractivity contribution < 1.29 is 5.11 Å². The van der Waals surface area contributed by atoms with Crippen molar-refractivity contribution in [2.75, 3.05) is 0 Å². The molecule has 0 aliphatic rings. The van der Waals surface area contributed by atoms with Gasteiger partial charge in [0.1, 0.15) is 11.4 Å². The van der Waals surface area contributed by atoms with Crippen LogP contribution in [0.3, 0.4) is 0 Å². The Labute approximate surface area is 100 Å². The molecule has 2 aromatic carbocycles. The molecule has 0 saturated heterocycles. The summed E-state index contributed by atoms with van der Waals surface area (Å²) in [5.74, 6) is 0.154. The molecule has 0 saturated carbocycles. The number of phenols is 1. The van der Waals surface area contributed by atoms with Crippen molar-refractivity contribution in [1.82, 2.24) is 0 Å². The van der Waals surface area contributed by atoms with E-state index in [9.17, 15) is 5.11 Å². The summed E-state index contributed by atoms with van der Waals surface area (Å²) in [6, 6.07) is 13.1. The summed E-state index contributed by atoms with van der Waals surface area (Å²) in [7, 11) is 0. The molecule has 3 nitrogen and oxygen atoms in total. The summed E-state index contributed by atoms with van der Waals surface area (Å²) in [4.78, 5) is 0. The number of aromatic hydroxyl groups is 1. The minimum absolute atomic E-state index is 0.154. The van der Waals surface area contributed by atoms with Gasteiger partial charge in [0.25, 0.3) is 0 Å². The van der Waals surface area contributed by atoms with Gasteiger partial charge in [-0.05, 0) is 43.7 Å². The molecule has 1 N–H and O–H groups in total. The Kier molecular flexibility index (Phi) is 3.19. The van der Waals surface area contributed by atoms with Gasteiger partial charge in [-0.2, -0.15) is 5.11 Å². The van der Waals surface area contributed by atoms with E-state index in [-0.39, 0.29) is 5.75 Å². The number of hydrogen-bond donors (Lipinski definition) is 1. The fraction of sp³-hybridized carbons (Fsp3) is 0.143. The first-order chi connectivity index (χ1) is 8.15. The lowest BCUT2D eigenvalue weighted by Crippen LogP contribution is -1.72. The molecule has 86 valence electrons. The Bertz CT molecular complexity index is 545. The fourth-order valence-corrected chi connectivity index (χ4v) is 1.44. The number of hydrogen-bond acceptors (Lipinski definition) is 3. The Morgan fingerprint density at radius 1 is 0.824 bits per heavy atom. The highest BCUT2D eigenvalue weighted by molar-refractivity contribution is 5.52. The highest BCUT2D eigenvalue weighted by Gasteiger charge is 1.99. The summed E-state index contributed by atoms with van der Waals surface area (Å²) in [5.41, 5.74) is 3.44. The fourth-order valence-electron chi connectivity index (χ4n) is 1.44. The molecule has 0 heterocycles. The van der Waals surface area contributed by atoms with Gasteiger partial charge in [-0.1, -0.05) is 23.8 Å². The molecule has 2 aromatic rings. The third kappa shape index (κ3) is 2.91. The zero-order valence-corrected chi connectivity index (χ0v) is 9.88. The molecule has 2 rings (SSSR count). The third-order valence-electron chi connectivity index (χ3n) is 2.44. The van der Waals surface area contributed by atoms with Crippen LogP contribution in [-0.4, -0.2) is 5.11 Å². The number of phenolic OH excluding ortho intramolecular Hbond substituents is 1. The van der Waals surface area contributed by atoms with E-state index in [0.717, 1.165) is 11.3 Å². The maximum atomic E-state index is 9.66. The van der Waals surface area contributed by atoms with Crippen LogP contribution in [0.1, 0.15) is 11.1 Å². The van der Waals surface area contributed by atoms with Crippen LogP contribution in [0.4, 0.5) is 11.4 Å². The molecule has 0 aliphatic carbocycles.